The number of aliphatic hydroxyl groups excluding tert-OH is 1. The summed E-state index contributed by atoms with van der Waals surface area (Å²) in [4.78, 5) is 0. The van der Waals surface area contributed by atoms with E-state index in [-0.39, 0.29) is 6.61 Å². The van der Waals surface area contributed by atoms with Gasteiger partial charge in [-0.25, -0.2) is 0 Å². The summed E-state index contributed by atoms with van der Waals surface area (Å²) in [6.45, 7) is 3.12. The second-order valence-electron chi connectivity index (χ2n) is 5.37. The highest BCUT2D eigenvalue weighted by Gasteiger charge is 2.15. The Labute approximate surface area is 109 Å². The highest BCUT2D eigenvalue weighted by Crippen LogP contribution is 2.27. The molecule has 18 heavy (non-hydrogen) atoms. The first kappa shape index (κ1) is 13.6. The standard InChI is InChI=1S/C14H25N3O/c1-12(8-10-18)15-11-13-7-9-17(16-13)14-5-3-2-4-6-14/h7,9,12,14-15,18H,2-6,8,10-11H2,1H3. The van der Waals surface area contributed by atoms with E-state index in [1.807, 2.05) is 0 Å². The lowest BCUT2D eigenvalue weighted by Gasteiger charge is -2.21. The Morgan fingerprint density at radius 3 is 2.94 bits per heavy atom. The summed E-state index contributed by atoms with van der Waals surface area (Å²) in [5.41, 5.74) is 1.10. The normalized spacial score (nSPS) is 19.0. The van der Waals surface area contributed by atoms with Crippen LogP contribution in [0.4, 0.5) is 0 Å². The average molecular weight is 251 g/mol. The first-order valence-electron chi connectivity index (χ1n) is 7.18. The zero-order valence-electron chi connectivity index (χ0n) is 11.3. The van der Waals surface area contributed by atoms with Crippen molar-refractivity contribution in [3.63, 3.8) is 0 Å². The molecule has 2 rings (SSSR count). The molecular weight excluding hydrogens is 226 g/mol. The van der Waals surface area contributed by atoms with Gasteiger partial charge < -0.3 is 10.4 Å². The molecule has 4 nitrogen and oxygen atoms in total. The van der Waals surface area contributed by atoms with Crippen LogP contribution in [0.1, 0.15) is 57.2 Å². The van der Waals surface area contributed by atoms with Crippen LogP contribution >= 0.6 is 0 Å². The number of nitrogens with one attached hydrogen (secondary N) is 1. The maximum Gasteiger partial charge on any atom is 0.0762 e. The third-order valence-corrected chi connectivity index (χ3v) is 3.81. The minimum atomic E-state index is 0.241. The van der Waals surface area contributed by atoms with Crippen molar-refractivity contribution in [1.82, 2.24) is 15.1 Å². The summed E-state index contributed by atoms with van der Waals surface area (Å²) < 4.78 is 2.15. The fourth-order valence-corrected chi connectivity index (χ4v) is 2.60. The molecule has 1 aromatic rings. The second kappa shape index (κ2) is 6.90. The van der Waals surface area contributed by atoms with E-state index in [0.717, 1.165) is 18.7 Å². The van der Waals surface area contributed by atoms with Gasteiger partial charge in [0.25, 0.3) is 0 Å². The minimum absolute atomic E-state index is 0.241. The third kappa shape index (κ3) is 3.82. The van der Waals surface area contributed by atoms with Gasteiger partial charge in [0.15, 0.2) is 0 Å². The third-order valence-electron chi connectivity index (χ3n) is 3.81. The lowest BCUT2D eigenvalue weighted by atomic mass is 9.96. The molecule has 1 aliphatic carbocycles. The maximum absolute atomic E-state index is 8.85. The zero-order valence-corrected chi connectivity index (χ0v) is 11.3. The van der Waals surface area contributed by atoms with Crippen LogP contribution in [-0.2, 0) is 6.54 Å². The Kier molecular flexibility index (Phi) is 5.20. The van der Waals surface area contributed by atoms with E-state index in [9.17, 15) is 0 Å². The van der Waals surface area contributed by atoms with Crippen molar-refractivity contribution in [3.05, 3.63) is 18.0 Å². The van der Waals surface area contributed by atoms with E-state index in [4.69, 9.17) is 5.11 Å². The van der Waals surface area contributed by atoms with Crippen LogP contribution in [-0.4, -0.2) is 27.5 Å². The van der Waals surface area contributed by atoms with Gasteiger partial charge in [-0.2, -0.15) is 5.10 Å². The molecule has 0 aromatic carbocycles. The average Bonchev–Trinajstić information content (AvgIpc) is 2.87. The van der Waals surface area contributed by atoms with Crippen molar-refractivity contribution in [3.8, 4) is 0 Å². The molecule has 1 unspecified atom stereocenters. The van der Waals surface area contributed by atoms with Crippen LogP contribution in [0.5, 0.6) is 0 Å². The largest absolute Gasteiger partial charge is 0.396 e. The number of rotatable bonds is 6. The first-order chi connectivity index (χ1) is 8.79. The second-order valence-corrected chi connectivity index (χ2v) is 5.37. The molecule has 102 valence electrons. The van der Waals surface area contributed by atoms with E-state index in [0.29, 0.717) is 12.1 Å². The van der Waals surface area contributed by atoms with Gasteiger partial charge in [-0.3, -0.25) is 4.68 Å². The van der Waals surface area contributed by atoms with Crippen molar-refractivity contribution < 1.29 is 5.11 Å². The van der Waals surface area contributed by atoms with Crippen LogP contribution in [0, 0.1) is 0 Å². The maximum atomic E-state index is 8.85. The van der Waals surface area contributed by atoms with Gasteiger partial charge >= 0.3 is 0 Å². The SMILES string of the molecule is CC(CCO)NCc1ccn(C2CCCCC2)n1. The molecule has 1 fully saturated rings. The summed E-state index contributed by atoms with van der Waals surface area (Å²) in [6.07, 6.45) is 9.51. The van der Waals surface area contributed by atoms with Gasteiger partial charge in [-0.15, -0.1) is 0 Å². The Morgan fingerprint density at radius 2 is 2.22 bits per heavy atom. The van der Waals surface area contributed by atoms with Crippen LogP contribution < -0.4 is 5.32 Å². The lowest BCUT2D eigenvalue weighted by molar-refractivity contribution is 0.268. The Bertz CT molecular complexity index is 345. The number of aromatic nitrogens is 2. The fourth-order valence-electron chi connectivity index (χ4n) is 2.60. The molecule has 0 radical (unpaired) electrons. The van der Waals surface area contributed by atoms with E-state index in [1.165, 1.54) is 32.1 Å². The molecular formula is C14H25N3O. The number of hydrogen-bond donors (Lipinski definition) is 2. The van der Waals surface area contributed by atoms with Gasteiger partial charge in [-0.05, 0) is 32.3 Å². The van der Waals surface area contributed by atoms with Gasteiger partial charge in [-0.1, -0.05) is 19.3 Å². The van der Waals surface area contributed by atoms with Gasteiger partial charge in [0, 0.05) is 25.4 Å². The van der Waals surface area contributed by atoms with Gasteiger partial charge in [0.1, 0.15) is 0 Å². The smallest absolute Gasteiger partial charge is 0.0762 e. The summed E-state index contributed by atoms with van der Waals surface area (Å²) in [5.74, 6) is 0. The Morgan fingerprint density at radius 1 is 1.44 bits per heavy atom. The van der Waals surface area contributed by atoms with Crippen LogP contribution in [0.3, 0.4) is 0 Å². The van der Waals surface area contributed by atoms with Crippen LogP contribution in [0.25, 0.3) is 0 Å². The van der Waals surface area contributed by atoms with Crippen molar-refractivity contribution in [2.24, 2.45) is 0 Å². The summed E-state index contributed by atoms with van der Waals surface area (Å²) in [6, 6.07) is 3.06. The molecule has 0 aliphatic heterocycles. The zero-order chi connectivity index (χ0) is 12.8. The molecule has 1 atom stereocenters. The van der Waals surface area contributed by atoms with Gasteiger partial charge in [0.05, 0.1) is 11.7 Å². The molecule has 0 amide bonds. The monoisotopic (exact) mass is 251 g/mol. The van der Waals surface area contributed by atoms with E-state index in [1.54, 1.807) is 0 Å². The van der Waals surface area contributed by atoms with Crippen molar-refractivity contribution in [2.45, 2.75) is 64.1 Å². The van der Waals surface area contributed by atoms with Crippen molar-refractivity contribution in [1.29, 1.82) is 0 Å². The summed E-state index contributed by atoms with van der Waals surface area (Å²) >= 11 is 0. The quantitative estimate of drug-likeness (QED) is 0.815. The lowest BCUT2D eigenvalue weighted by Crippen LogP contribution is -2.26. The highest BCUT2D eigenvalue weighted by molar-refractivity contribution is 5.00. The van der Waals surface area contributed by atoms with E-state index < -0.39 is 0 Å². The predicted molar refractivity (Wildman–Crippen MR) is 72.4 cm³/mol. The molecule has 1 aliphatic rings. The molecule has 1 aromatic heterocycles. The number of aliphatic hydroxyl groups is 1. The highest BCUT2D eigenvalue weighted by atomic mass is 16.3. The topological polar surface area (TPSA) is 50.1 Å². The summed E-state index contributed by atoms with van der Waals surface area (Å²) in [5, 5.41) is 16.9. The molecule has 0 spiro atoms. The van der Waals surface area contributed by atoms with E-state index in [2.05, 4.69) is 34.3 Å². The summed E-state index contributed by atoms with van der Waals surface area (Å²) in [7, 11) is 0. The number of nitrogens with zero attached hydrogens (tertiary/aromatic N) is 2. The predicted octanol–water partition coefficient (Wildman–Crippen LogP) is 2.25. The first-order valence-corrected chi connectivity index (χ1v) is 7.18. The Hall–Kier alpha value is -0.870. The van der Waals surface area contributed by atoms with Gasteiger partial charge in [0.2, 0.25) is 0 Å². The van der Waals surface area contributed by atoms with Crippen LogP contribution in [0.2, 0.25) is 0 Å². The van der Waals surface area contributed by atoms with E-state index >= 15 is 0 Å². The molecule has 1 heterocycles. The van der Waals surface area contributed by atoms with Crippen LogP contribution in [0.15, 0.2) is 12.3 Å². The minimum Gasteiger partial charge on any atom is -0.396 e. The van der Waals surface area contributed by atoms with Crippen molar-refractivity contribution >= 4 is 0 Å². The molecule has 0 bridgehead atoms. The van der Waals surface area contributed by atoms with Crippen molar-refractivity contribution in [2.75, 3.05) is 6.61 Å². The fraction of sp³-hybridized carbons (Fsp3) is 0.786. The molecule has 2 N–H and O–H groups in total. The number of hydrogen-bond acceptors (Lipinski definition) is 3. The molecule has 1 saturated carbocycles. The Balaban J connectivity index is 1.82. The molecule has 4 heteroatoms. The molecule has 0 saturated heterocycles.